The van der Waals surface area contributed by atoms with Crippen LogP contribution >= 0.6 is 15.9 Å². The molecule has 0 bridgehead atoms. The van der Waals surface area contributed by atoms with E-state index in [4.69, 9.17) is 0 Å². The lowest BCUT2D eigenvalue weighted by Gasteiger charge is -2.06. The number of benzene rings is 1. The molecular weight excluding hydrogens is 286 g/mol. The van der Waals surface area contributed by atoms with Crippen LogP contribution in [0.1, 0.15) is 51.5 Å². The predicted octanol–water partition coefficient (Wildman–Crippen LogP) is 5.15. The average Bonchev–Trinajstić information content (AvgIpc) is 2.32. The number of unbranched alkanes of at least 4 members (excludes halogenated alkanes) is 3. The Bertz CT molecular complexity index is 323. The van der Waals surface area contributed by atoms with Crippen LogP contribution in [0.5, 0.6) is 0 Å². The van der Waals surface area contributed by atoms with Crippen molar-refractivity contribution in [1.82, 2.24) is 5.32 Å². The first-order chi connectivity index (χ1) is 8.68. The van der Waals surface area contributed by atoms with Crippen molar-refractivity contribution in [3.05, 3.63) is 34.3 Å². The molecule has 0 aliphatic heterocycles. The lowest BCUT2D eigenvalue weighted by molar-refractivity contribution is 0.512. The van der Waals surface area contributed by atoms with Crippen LogP contribution in [0.3, 0.4) is 0 Å². The Morgan fingerprint density at radius 1 is 1.11 bits per heavy atom. The van der Waals surface area contributed by atoms with E-state index < -0.39 is 0 Å². The fourth-order valence-corrected chi connectivity index (χ4v) is 2.48. The molecule has 1 aromatic carbocycles. The Morgan fingerprint density at radius 2 is 1.89 bits per heavy atom. The van der Waals surface area contributed by atoms with Gasteiger partial charge in [0, 0.05) is 11.0 Å². The Hall–Kier alpha value is -0.340. The third-order valence-corrected chi connectivity index (χ3v) is 3.60. The summed E-state index contributed by atoms with van der Waals surface area (Å²) in [6.45, 7) is 6.72. The molecule has 0 aromatic heterocycles. The summed E-state index contributed by atoms with van der Waals surface area (Å²) in [5.74, 6) is 0.861. The number of hydrogen-bond donors (Lipinski definition) is 1. The summed E-state index contributed by atoms with van der Waals surface area (Å²) < 4.78 is 1.16. The van der Waals surface area contributed by atoms with Gasteiger partial charge in [0.25, 0.3) is 0 Å². The summed E-state index contributed by atoms with van der Waals surface area (Å²) in [6.07, 6.45) is 6.82. The van der Waals surface area contributed by atoms with Crippen LogP contribution in [-0.4, -0.2) is 6.54 Å². The van der Waals surface area contributed by atoms with Gasteiger partial charge < -0.3 is 5.32 Å². The average molecular weight is 312 g/mol. The Kier molecular flexibility index (Phi) is 8.36. The number of nitrogens with one attached hydrogen (secondary N) is 1. The summed E-state index contributed by atoms with van der Waals surface area (Å²) in [5, 5.41) is 3.51. The third kappa shape index (κ3) is 7.88. The van der Waals surface area contributed by atoms with Crippen molar-refractivity contribution in [2.24, 2.45) is 5.92 Å². The van der Waals surface area contributed by atoms with E-state index in [1.165, 1.54) is 37.7 Å². The first kappa shape index (κ1) is 15.7. The van der Waals surface area contributed by atoms with E-state index in [0.29, 0.717) is 0 Å². The summed E-state index contributed by atoms with van der Waals surface area (Å²) in [6, 6.07) is 8.50. The zero-order valence-electron chi connectivity index (χ0n) is 11.7. The van der Waals surface area contributed by atoms with Crippen molar-refractivity contribution in [3.8, 4) is 0 Å². The fraction of sp³-hybridized carbons (Fsp3) is 0.625. The summed E-state index contributed by atoms with van der Waals surface area (Å²) in [5.41, 5.74) is 1.35. The molecule has 1 N–H and O–H groups in total. The quantitative estimate of drug-likeness (QED) is 0.622. The van der Waals surface area contributed by atoms with E-state index in [9.17, 15) is 0 Å². The van der Waals surface area contributed by atoms with Gasteiger partial charge in [-0.25, -0.2) is 0 Å². The van der Waals surface area contributed by atoms with Crippen molar-refractivity contribution in [2.45, 2.75) is 52.5 Å². The van der Waals surface area contributed by atoms with Crippen molar-refractivity contribution in [3.63, 3.8) is 0 Å². The van der Waals surface area contributed by atoms with Crippen molar-refractivity contribution in [2.75, 3.05) is 6.54 Å². The van der Waals surface area contributed by atoms with Crippen molar-refractivity contribution >= 4 is 15.9 Å². The first-order valence-electron chi connectivity index (χ1n) is 7.13. The molecule has 0 radical (unpaired) electrons. The standard InChI is InChI=1S/C16H26BrN/c1-14(2)8-5-3-4-6-11-18-13-15-9-7-10-16(17)12-15/h7,9-10,12,14,18H,3-6,8,11,13H2,1-2H3. The molecule has 0 unspecified atom stereocenters. The summed E-state index contributed by atoms with van der Waals surface area (Å²) in [4.78, 5) is 0. The molecule has 2 heteroatoms. The largest absolute Gasteiger partial charge is 0.313 e. The van der Waals surface area contributed by atoms with Gasteiger partial charge in [-0.2, -0.15) is 0 Å². The maximum absolute atomic E-state index is 3.51. The lowest BCUT2D eigenvalue weighted by Crippen LogP contribution is -2.14. The third-order valence-electron chi connectivity index (χ3n) is 3.10. The summed E-state index contributed by atoms with van der Waals surface area (Å²) >= 11 is 3.50. The van der Waals surface area contributed by atoms with Gasteiger partial charge in [0.2, 0.25) is 0 Å². The highest BCUT2D eigenvalue weighted by molar-refractivity contribution is 9.10. The van der Waals surface area contributed by atoms with E-state index in [0.717, 1.165) is 23.5 Å². The minimum atomic E-state index is 0.861. The molecule has 0 saturated heterocycles. The minimum absolute atomic E-state index is 0.861. The highest BCUT2D eigenvalue weighted by Gasteiger charge is 1.96. The molecule has 0 saturated carbocycles. The van der Waals surface area contributed by atoms with Gasteiger partial charge in [-0.3, -0.25) is 0 Å². The second-order valence-corrected chi connectivity index (χ2v) is 6.32. The van der Waals surface area contributed by atoms with Crippen LogP contribution < -0.4 is 5.32 Å². The van der Waals surface area contributed by atoms with Gasteiger partial charge in [0.15, 0.2) is 0 Å². The van der Waals surface area contributed by atoms with Gasteiger partial charge in [0.1, 0.15) is 0 Å². The molecule has 0 atom stereocenters. The molecule has 0 aliphatic rings. The van der Waals surface area contributed by atoms with Gasteiger partial charge >= 0.3 is 0 Å². The molecule has 0 aliphatic carbocycles. The highest BCUT2D eigenvalue weighted by Crippen LogP contribution is 2.11. The molecule has 18 heavy (non-hydrogen) atoms. The second kappa shape index (κ2) is 9.57. The molecule has 102 valence electrons. The van der Waals surface area contributed by atoms with E-state index in [-0.39, 0.29) is 0 Å². The van der Waals surface area contributed by atoms with Gasteiger partial charge in [-0.1, -0.05) is 67.6 Å². The zero-order chi connectivity index (χ0) is 13.2. The van der Waals surface area contributed by atoms with Crippen LogP contribution in [-0.2, 0) is 6.54 Å². The molecule has 0 fully saturated rings. The SMILES string of the molecule is CC(C)CCCCCCNCc1cccc(Br)c1. The maximum atomic E-state index is 3.51. The van der Waals surface area contributed by atoms with Crippen LogP contribution in [0, 0.1) is 5.92 Å². The van der Waals surface area contributed by atoms with Gasteiger partial charge in [-0.15, -0.1) is 0 Å². The topological polar surface area (TPSA) is 12.0 Å². The second-order valence-electron chi connectivity index (χ2n) is 5.40. The van der Waals surface area contributed by atoms with Gasteiger partial charge in [-0.05, 0) is 36.6 Å². The fourth-order valence-electron chi connectivity index (χ4n) is 2.04. The summed E-state index contributed by atoms with van der Waals surface area (Å²) in [7, 11) is 0. The van der Waals surface area contributed by atoms with Crippen LogP contribution in [0.2, 0.25) is 0 Å². The Morgan fingerprint density at radius 3 is 2.61 bits per heavy atom. The van der Waals surface area contributed by atoms with E-state index in [1.54, 1.807) is 0 Å². The smallest absolute Gasteiger partial charge is 0.0205 e. The van der Waals surface area contributed by atoms with Crippen molar-refractivity contribution in [1.29, 1.82) is 0 Å². The lowest BCUT2D eigenvalue weighted by atomic mass is 10.0. The predicted molar refractivity (Wildman–Crippen MR) is 83.8 cm³/mol. The van der Waals surface area contributed by atoms with E-state index in [1.807, 2.05) is 0 Å². The van der Waals surface area contributed by atoms with Crippen LogP contribution in [0.25, 0.3) is 0 Å². The molecule has 1 aromatic rings. The maximum Gasteiger partial charge on any atom is 0.0205 e. The monoisotopic (exact) mass is 311 g/mol. The van der Waals surface area contributed by atoms with Crippen LogP contribution in [0.15, 0.2) is 28.7 Å². The molecule has 1 nitrogen and oxygen atoms in total. The molecular formula is C16H26BrN. The van der Waals surface area contributed by atoms with Crippen LogP contribution in [0.4, 0.5) is 0 Å². The highest BCUT2D eigenvalue weighted by atomic mass is 79.9. The zero-order valence-corrected chi connectivity index (χ0v) is 13.3. The van der Waals surface area contributed by atoms with E-state index in [2.05, 4.69) is 59.4 Å². The Balaban J connectivity index is 1.96. The van der Waals surface area contributed by atoms with Crippen molar-refractivity contribution < 1.29 is 0 Å². The number of rotatable bonds is 9. The molecule has 0 spiro atoms. The normalized spacial score (nSPS) is 11.1. The number of hydrogen-bond acceptors (Lipinski definition) is 1. The molecule has 0 amide bonds. The first-order valence-corrected chi connectivity index (χ1v) is 7.93. The van der Waals surface area contributed by atoms with E-state index >= 15 is 0 Å². The number of halogens is 1. The van der Waals surface area contributed by atoms with Gasteiger partial charge in [0.05, 0.1) is 0 Å². The molecule has 0 heterocycles. The molecule has 1 rings (SSSR count). The Labute approximate surface area is 120 Å². The minimum Gasteiger partial charge on any atom is -0.313 e.